The van der Waals surface area contributed by atoms with Crippen molar-refractivity contribution < 1.29 is 4.74 Å². The van der Waals surface area contributed by atoms with Crippen molar-refractivity contribution in [2.45, 2.75) is 6.54 Å². The number of ether oxygens (including phenoxy) is 1. The monoisotopic (exact) mass is 461 g/mol. The second-order valence-electron chi connectivity index (χ2n) is 8.06. The maximum absolute atomic E-state index is 5.19. The molecule has 170 valence electrons. The van der Waals surface area contributed by atoms with Crippen LogP contribution in [0.1, 0.15) is 5.56 Å². The number of hydrogen-bond donors (Lipinski definition) is 1. The number of pyridine rings is 3. The van der Waals surface area contributed by atoms with Crippen molar-refractivity contribution in [3.05, 3.63) is 60.6 Å². The molecule has 0 amide bonds. The molecule has 1 N–H and O–H groups in total. The highest BCUT2D eigenvalue weighted by Crippen LogP contribution is 2.29. The number of hydrogen-bond acceptors (Lipinski definition) is 9. The second kappa shape index (κ2) is 10.3. The molecule has 0 unspecified atom stereocenters. The Morgan fingerprint density at radius 1 is 0.970 bits per heavy atom. The predicted molar refractivity (Wildman–Crippen MR) is 132 cm³/mol. The van der Waals surface area contributed by atoms with Gasteiger partial charge in [-0.15, -0.1) is 0 Å². The Balaban J connectivity index is 1.23. The Hall–Kier alpha value is -2.98. The number of methoxy groups -OCH3 is 1. The number of thiazole rings is 1. The molecule has 5 rings (SSSR count). The Kier molecular flexibility index (Phi) is 6.82. The zero-order chi connectivity index (χ0) is 22.5. The van der Waals surface area contributed by atoms with Crippen LogP contribution in [-0.4, -0.2) is 76.2 Å². The molecular formula is C24H27N7OS. The normalized spacial score (nSPS) is 15.2. The zero-order valence-electron chi connectivity index (χ0n) is 18.6. The van der Waals surface area contributed by atoms with Gasteiger partial charge in [0.2, 0.25) is 0 Å². The smallest absolute Gasteiger partial charge is 0.190 e. The van der Waals surface area contributed by atoms with Crippen LogP contribution in [0, 0.1) is 0 Å². The van der Waals surface area contributed by atoms with E-state index in [4.69, 9.17) is 9.72 Å². The summed E-state index contributed by atoms with van der Waals surface area (Å²) in [4.78, 5) is 23.9. The van der Waals surface area contributed by atoms with Crippen LogP contribution in [0.3, 0.4) is 0 Å². The molecule has 0 radical (unpaired) electrons. The molecule has 0 atom stereocenters. The van der Waals surface area contributed by atoms with Crippen LogP contribution in [-0.2, 0) is 11.3 Å². The van der Waals surface area contributed by atoms with Gasteiger partial charge in [0.15, 0.2) is 5.13 Å². The number of fused-ring (bicyclic) bond motifs is 1. The SMILES string of the molecule is COCCN1CCN(Cc2ccnc(Nc3nc4ccc(-c5ccncc5)nc4s3)c2)CC1. The van der Waals surface area contributed by atoms with Crippen molar-refractivity contribution in [2.75, 3.05) is 51.8 Å². The summed E-state index contributed by atoms with van der Waals surface area (Å²) < 4.78 is 5.19. The van der Waals surface area contributed by atoms with Gasteiger partial charge in [0.05, 0.1) is 12.3 Å². The van der Waals surface area contributed by atoms with E-state index in [1.165, 1.54) is 16.9 Å². The number of rotatable bonds is 8. The van der Waals surface area contributed by atoms with E-state index in [0.29, 0.717) is 0 Å². The van der Waals surface area contributed by atoms with E-state index in [0.717, 1.165) is 78.4 Å². The van der Waals surface area contributed by atoms with E-state index in [9.17, 15) is 0 Å². The molecule has 0 saturated carbocycles. The van der Waals surface area contributed by atoms with Crippen LogP contribution in [0.5, 0.6) is 0 Å². The summed E-state index contributed by atoms with van der Waals surface area (Å²) in [5, 5.41) is 4.16. The summed E-state index contributed by atoms with van der Waals surface area (Å²) in [7, 11) is 1.76. The molecule has 1 aliphatic rings. The third-order valence-electron chi connectivity index (χ3n) is 5.77. The largest absolute Gasteiger partial charge is 0.383 e. The second-order valence-corrected chi connectivity index (χ2v) is 9.04. The Morgan fingerprint density at radius 3 is 2.61 bits per heavy atom. The third kappa shape index (κ3) is 5.51. The van der Waals surface area contributed by atoms with Crippen LogP contribution in [0.2, 0.25) is 0 Å². The molecule has 9 heteroatoms. The summed E-state index contributed by atoms with van der Waals surface area (Å²) >= 11 is 1.53. The first-order valence-electron chi connectivity index (χ1n) is 11.1. The van der Waals surface area contributed by atoms with E-state index < -0.39 is 0 Å². The van der Waals surface area contributed by atoms with Gasteiger partial charge in [-0.2, -0.15) is 0 Å². The lowest BCUT2D eigenvalue weighted by molar-refractivity contribution is 0.0938. The molecule has 1 aliphatic heterocycles. The van der Waals surface area contributed by atoms with Gasteiger partial charge in [-0.3, -0.25) is 14.8 Å². The summed E-state index contributed by atoms with van der Waals surface area (Å²) in [5.41, 5.74) is 4.09. The Morgan fingerprint density at radius 2 is 1.79 bits per heavy atom. The minimum Gasteiger partial charge on any atom is -0.383 e. The average Bonchev–Trinajstić information content (AvgIpc) is 3.26. The average molecular weight is 462 g/mol. The van der Waals surface area contributed by atoms with E-state index in [2.05, 4.69) is 42.2 Å². The van der Waals surface area contributed by atoms with Crippen molar-refractivity contribution in [3.63, 3.8) is 0 Å². The van der Waals surface area contributed by atoms with Gasteiger partial charge in [-0.1, -0.05) is 11.3 Å². The summed E-state index contributed by atoms with van der Waals surface area (Å²) in [6.07, 6.45) is 5.42. The van der Waals surface area contributed by atoms with Crippen LogP contribution < -0.4 is 5.32 Å². The molecule has 1 saturated heterocycles. The molecule has 0 bridgehead atoms. The molecule has 1 fully saturated rings. The highest BCUT2D eigenvalue weighted by atomic mass is 32.1. The molecule has 4 aromatic rings. The maximum atomic E-state index is 5.19. The fourth-order valence-corrected chi connectivity index (χ4v) is 4.80. The van der Waals surface area contributed by atoms with E-state index in [1.807, 2.05) is 30.5 Å². The van der Waals surface area contributed by atoms with Gasteiger partial charge in [0, 0.05) is 70.5 Å². The summed E-state index contributed by atoms with van der Waals surface area (Å²) in [6.45, 7) is 7.03. The van der Waals surface area contributed by atoms with Crippen LogP contribution in [0.15, 0.2) is 55.0 Å². The van der Waals surface area contributed by atoms with Crippen molar-refractivity contribution in [1.29, 1.82) is 0 Å². The van der Waals surface area contributed by atoms with E-state index in [-0.39, 0.29) is 0 Å². The molecule has 8 nitrogen and oxygen atoms in total. The van der Waals surface area contributed by atoms with Gasteiger partial charge in [0.25, 0.3) is 0 Å². The number of nitrogens with zero attached hydrogens (tertiary/aromatic N) is 6. The van der Waals surface area contributed by atoms with Crippen molar-refractivity contribution >= 4 is 32.6 Å². The maximum Gasteiger partial charge on any atom is 0.190 e. The Bertz CT molecular complexity index is 1190. The summed E-state index contributed by atoms with van der Waals surface area (Å²) in [6, 6.07) is 12.1. The van der Waals surface area contributed by atoms with Crippen LogP contribution in [0.25, 0.3) is 21.6 Å². The van der Waals surface area contributed by atoms with E-state index >= 15 is 0 Å². The number of aromatic nitrogens is 4. The van der Waals surface area contributed by atoms with E-state index in [1.54, 1.807) is 19.5 Å². The van der Waals surface area contributed by atoms with Crippen LogP contribution in [0.4, 0.5) is 10.9 Å². The Labute approximate surface area is 197 Å². The van der Waals surface area contributed by atoms with Crippen molar-refractivity contribution in [2.24, 2.45) is 0 Å². The lowest BCUT2D eigenvalue weighted by Gasteiger charge is -2.34. The fraction of sp³-hybridized carbons (Fsp3) is 0.333. The standard InChI is InChI=1S/C24H27N7OS/c1-32-15-14-30-10-12-31(13-11-30)17-18-4-9-26-22(16-18)29-24-28-21-3-2-20(27-23(21)33-24)19-5-7-25-8-6-19/h2-9,16H,10-15,17H2,1H3,(H,26,28,29). The number of piperazine rings is 1. The zero-order valence-corrected chi connectivity index (χ0v) is 19.5. The molecule has 4 aromatic heterocycles. The van der Waals surface area contributed by atoms with Gasteiger partial charge >= 0.3 is 0 Å². The lowest BCUT2D eigenvalue weighted by atomic mass is 10.2. The molecule has 0 aromatic carbocycles. The number of anilines is 2. The molecular weight excluding hydrogens is 434 g/mol. The van der Waals surface area contributed by atoms with Crippen molar-refractivity contribution in [1.82, 2.24) is 29.7 Å². The molecule has 0 spiro atoms. The van der Waals surface area contributed by atoms with Crippen molar-refractivity contribution in [3.8, 4) is 11.3 Å². The minimum atomic E-state index is 0.792. The fourth-order valence-electron chi connectivity index (χ4n) is 3.95. The minimum absolute atomic E-state index is 0.792. The topological polar surface area (TPSA) is 79.3 Å². The first-order valence-corrected chi connectivity index (χ1v) is 11.9. The van der Waals surface area contributed by atoms with Gasteiger partial charge in [-0.25, -0.2) is 15.0 Å². The van der Waals surface area contributed by atoms with Gasteiger partial charge in [0.1, 0.15) is 16.2 Å². The van der Waals surface area contributed by atoms with Gasteiger partial charge < -0.3 is 10.1 Å². The van der Waals surface area contributed by atoms with Gasteiger partial charge in [-0.05, 0) is 42.0 Å². The first-order chi connectivity index (χ1) is 16.3. The predicted octanol–water partition coefficient (Wildman–Crippen LogP) is 3.66. The highest BCUT2D eigenvalue weighted by molar-refractivity contribution is 7.21. The number of nitrogens with one attached hydrogen (secondary N) is 1. The first kappa shape index (κ1) is 21.8. The molecule has 33 heavy (non-hydrogen) atoms. The lowest BCUT2D eigenvalue weighted by Crippen LogP contribution is -2.46. The highest BCUT2D eigenvalue weighted by Gasteiger charge is 2.17. The third-order valence-corrected chi connectivity index (χ3v) is 6.65. The quantitative estimate of drug-likeness (QED) is 0.426. The summed E-state index contributed by atoms with van der Waals surface area (Å²) in [5.74, 6) is 0.805. The van der Waals surface area contributed by atoms with Crippen LogP contribution >= 0.6 is 11.3 Å². The molecule has 5 heterocycles. The molecule has 0 aliphatic carbocycles.